The maximum atomic E-state index is 15.6. The number of carbonyl (C=O) groups excluding carboxylic acids is 1. The first-order chi connectivity index (χ1) is 27.5. The molecule has 0 aliphatic heterocycles. The number of amides is 1. The van der Waals surface area contributed by atoms with Crippen molar-refractivity contribution in [2.24, 2.45) is 13.0 Å². The summed E-state index contributed by atoms with van der Waals surface area (Å²) >= 11 is 0. The molecule has 3 aromatic heterocycles. The van der Waals surface area contributed by atoms with Gasteiger partial charge in [-0.25, -0.2) is 39.7 Å². The van der Waals surface area contributed by atoms with Crippen molar-refractivity contribution in [1.29, 1.82) is 0 Å². The van der Waals surface area contributed by atoms with Gasteiger partial charge in [0.05, 0.1) is 34.8 Å². The van der Waals surface area contributed by atoms with Crippen LogP contribution in [0.2, 0.25) is 0 Å². The predicted molar refractivity (Wildman–Crippen MR) is 198 cm³/mol. The molecular weight excluding hydrogens is 815 g/mol. The number of rotatable bonds is 11. The number of fused-ring (bicyclic) bond motifs is 4. The fourth-order valence-electron chi connectivity index (χ4n) is 7.46. The number of aryl methyl sites for hydroxylation is 1. The molecule has 0 spiro atoms. The van der Waals surface area contributed by atoms with Crippen LogP contribution < -0.4 is 10.0 Å². The zero-order chi connectivity index (χ0) is 42.9. The van der Waals surface area contributed by atoms with Crippen LogP contribution in [0.4, 0.5) is 40.9 Å². The van der Waals surface area contributed by atoms with E-state index >= 15 is 8.78 Å². The quantitative estimate of drug-likeness (QED) is 0.0742. The standard InChI is InChI=1S/C39H33F8N7O4S/c1-38(2,56)12-11-21-5-6-22(23-7-8-25(35(42)43)30-33(23)53(3)51-37(30)52-59(4,57)58)31(48-21)27(15-18-13-19(40)16-20(41)14-18)49-28(55)17-54-34-29(32(50-54)36(44)45)24-9-10-26(24)39(34,46)47/h5-10,13-14,16,24,26-27,35-36,56H,15,17H2,1-4H3,(H,49,55)(H,51,52)/t24-,26+,27-/m0/s1. The highest BCUT2D eigenvalue weighted by atomic mass is 32.2. The monoisotopic (exact) mass is 847 g/mol. The van der Waals surface area contributed by atoms with Gasteiger partial charge < -0.3 is 10.4 Å². The summed E-state index contributed by atoms with van der Waals surface area (Å²) in [4.78, 5) is 18.6. The number of carbonyl (C=O) groups is 1. The molecule has 2 aromatic carbocycles. The van der Waals surface area contributed by atoms with Crippen molar-refractivity contribution in [1.82, 2.24) is 29.9 Å². The third-order valence-corrected chi connectivity index (χ3v) is 10.3. The maximum Gasteiger partial charge on any atom is 0.296 e. The zero-order valence-electron chi connectivity index (χ0n) is 31.3. The predicted octanol–water partition coefficient (Wildman–Crippen LogP) is 6.95. The van der Waals surface area contributed by atoms with Gasteiger partial charge in [-0.15, -0.1) is 0 Å². The van der Waals surface area contributed by atoms with Crippen molar-refractivity contribution >= 4 is 32.7 Å². The molecule has 5 aromatic rings. The van der Waals surface area contributed by atoms with E-state index < -0.39 is 106 Å². The molecule has 3 N–H and O–H groups in total. The molecule has 0 saturated carbocycles. The number of hydrogen-bond acceptors (Lipinski definition) is 7. The summed E-state index contributed by atoms with van der Waals surface area (Å²) in [6.45, 7) is 1.76. The first-order valence-electron chi connectivity index (χ1n) is 17.7. The average Bonchev–Trinajstić information content (AvgIpc) is 3.66. The molecule has 11 nitrogen and oxygen atoms in total. The summed E-state index contributed by atoms with van der Waals surface area (Å²) in [6.07, 6.45) is -3.48. The fraction of sp³-hybridized carbons (Fsp3) is 0.333. The topological polar surface area (TPSA) is 144 Å². The third-order valence-electron chi connectivity index (χ3n) is 9.77. The minimum absolute atomic E-state index is 0.0190. The smallest absolute Gasteiger partial charge is 0.296 e. The Bertz CT molecular complexity index is 2710. The number of sulfonamides is 1. The van der Waals surface area contributed by atoms with Gasteiger partial charge in [0.15, 0.2) is 5.82 Å². The number of pyridine rings is 1. The van der Waals surface area contributed by atoms with E-state index in [-0.39, 0.29) is 44.5 Å². The number of aliphatic hydroxyl groups is 1. The van der Waals surface area contributed by atoms with Crippen LogP contribution in [0.15, 0.2) is 54.6 Å². The lowest BCUT2D eigenvalue weighted by Crippen LogP contribution is -2.35. The van der Waals surface area contributed by atoms with Gasteiger partial charge in [0.25, 0.3) is 18.8 Å². The Hall–Kier alpha value is -5.81. The summed E-state index contributed by atoms with van der Waals surface area (Å²) in [6, 6.07) is 6.17. The minimum atomic E-state index is -4.05. The van der Waals surface area contributed by atoms with Crippen molar-refractivity contribution < 1.29 is 53.4 Å². The molecule has 310 valence electrons. The van der Waals surface area contributed by atoms with E-state index in [1.54, 1.807) is 0 Å². The number of anilines is 1. The number of halogens is 8. The highest BCUT2D eigenvalue weighted by Crippen LogP contribution is 2.60. The Morgan fingerprint density at radius 2 is 1.66 bits per heavy atom. The summed E-state index contributed by atoms with van der Waals surface area (Å²) in [7, 11) is -2.69. The molecule has 20 heteroatoms. The van der Waals surface area contributed by atoms with Crippen molar-refractivity contribution in [2.75, 3.05) is 11.0 Å². The van der Waals surface area contributed by atoms with Gasteiger partial charge in [0.2, 0.25) is 15.9 Å². The zero-order valence-corrected chi connectivity index (χ0v) is 32.2. The molecule has 1 amide bonds. The molecule has 0 saturated heterocycles. The second kappa shape index (κ2) is 14.8. The number of hydrogen-bond donors (Lipinski definition) is 3. The molecule has 0 radical (unpaired) electrons. The number of nitrogens with one attached hydrogen (secondary N) is 2. The average molecular weight is 848 g/mol. The lowest BCUT2D eigenvalue weighted by Gasteiger charge is -2.27. The van der Waals surface area contributed by atoms with Crippen molar-refractivity contribution in [3.8, 4) is 23.0 Å². The minimum Gasteiger partial charge on any atom is -0.378 e. The lowest BCUT2D eigenvalue weighted by atomic mass is 9.81. The van der Waals surface area contributed by atoms with Crippen LogP contribution in [0.3, 0.4) is 0 Å². The SMILES string of the molecule is Cn1nc(NS(C)(=O)=O)c2c(C(F)F)ccc(-c3ccc(C#CC(C)(C)O)nc3[C@H](Cc3cc(F)cc(F)c3)NC(=O)Cn3nc(C(F)F)c4c3C(F)(F)[C@@H]3C=C[C@H]43)c21. The maximum absolute atomic E-state index is 15.6. The van der Waals surface area contributed by atoms with E-state index in [9.17, 15) is 44.7 Å². The van der Waals surface area contributed by atoms with Crippen LogP contribution >= 0.6 is 0 Å². The van der Waals surface area contributed by atoms with Crippen LogP contribution in [0.25, 0.3) is 22.0 Å². The third kappa shape index (κ3) is 8.00. The van der Waals surface area contributed by atoms with Crippen molar-refractivity contribution in [3.05, 3.63) is 106 Å². The van der Waals surface area contributed by atoms with E-state index in [0.717, 1.165) is 29.1 Å². The Labute approximate surface area is 331 Å². The van der Waals surface area contributed by atoms with E-state index in [4.69, 9.17) is 0 Å². The van der Waals surface area contributed by atoms with Crippen LogP contribution in [-0.4, -0.2) is 55.8 Å². The van der Waals surface area contributed by atoms with Gasteiger partial charge in [-0.2, -0.15) is 19.0 Å². The molecule has 0 bridgehead atoms. The highest BCUT2D eigenvalue weighted by Gasteiger charge is 2.60. The van der Waals surface area contributed by atoms with Crippen LogP contribution in [0, 0.1) is 29.4 Å². The normalized spacial score (nSPS) is 17.4. The molecule has 59 heavy (non-hydrogen) atoms. The molecular formula is C39H33F8N7O4S. The number of allylic oxidation sites excluding steroid dienone is 2. The second-order valence-electron chi connectivity index (χ2n) is 14.8. The molecule has 2 aliphatic rings. The number of benzene rings is 2. The fourth-order valence-corrected chi connectivity index (χ4v) is 7.96. The van der Waals surface area contributed by atoms with E-state index in [1.807, 2.05) is 0 Å². The van der Waals surface area contributed by atoms with Gasteiger partial charge in [0, 0.05) is 41.3 Å². The molecule has 3 heterocycles. The second-order valence-corrected chi connectivity index (χ2v) is 16.5. The van der Waals surface area contributed by atoms with E-state index in [2.05, 4.69) is 37.1 Å². The molecule has 2 aliphatic carbocycles. The Kier molecular flexibility index (Phi) is 10.4. The Balaban J connectivity index is 1.41. The molecule has 7 rings (SSSR count). The van der Waals surface area contributed by atoms with Gasteiger partial charge in [-0.05, 0) is 56.0 Å². The molecule has 0 fully saturated rings. The number of nitrogens with zero attached hydrogens (tertiary/aromatic N) is 5. The summed E-state index contributed by atoms with van der Waals surface area (Å²) in [5.41, 5.74) is -4.30. The molecule has 0 unspecified atom stereocenters. The Morgan fingerprint density at radius 1 is 0.983 bits per heavy atom. The summed E-state index contributed by atoms with van der Waals surface area (Å²) in [5, 5.41) is 20.5. The number of alkyl halides is 6. The Morgan fingerprint density at radius 3 is 2.25 bits per heavy atom. The van der Waals surface area contributed by atoms with Gasteiger partial charge >= 0.3 is 0 Å². The summed E-state index contributed by atoms with van der Waals surface area (Å²) in [5.74, 6) is -4.32. The highest BCUT2D eigenvalue weighted by molar-refractivity contribution is 7.92. The summed E-state index contributed by atoms with van der Waals surface area (Å²) < 4.78 is 146. The van der Waals surface area contributed by atoms with Crippen molar-refractivity contribution in [3.63, 3.8) is 0 Å². The first kappa shape index (κ1) is 41.4. The molecule has 3 atom stereocenters. The van der Waals surface area contributed by atoms with E-state index in [0.29, 0.717) is 10.7 Å². The lowest BCUT2D eigenvalue weighted by molar-refractivity contribution is -0.123. The van der Waals surface area contributed by atoms with Crippen molar-refractivity contribution in [2.45, 2.75) is 63.1 Å². The largest absolute Gasteiger partial charge is 0.378 e. The number of aromatic nitrogens is 5. The van der Waals surface area contributed by atoms with Gasteiger partial charge in [-0.3, -0.25) is 18.9 Å². The van der Waals surface area contributed by atoms with Crippen LogP contribution in [0.5, 0.6) is 0 Å². The first-order valence-corrected chi connectivity index (χ1v) is 19.6. The van der Waals surface area contributed by atoms with Crippen LogP contribution in [0.1, 0.15) is 78.1 Å². The van der Waals surface area contributed by atoms with E-state index in [1.165, 1.54) is 51.2 Å². The van der Waals surface area contributed by atoms with Crippen LogP contribution in [-0.2, 0) is 40.8 Å². The van der Waals surface area contributed by atoms with Gasteiger partial charge in [-0.1, -0.05) is 30.2 Å². The van der Waals surface area contributed by atoms with Gasteiger partial charge in [0.1, 0.15) is 40.9 Å².